The van der Waals surface area contributed by atoms with Gasteiger partial charge in [0, 0.05) is 11.6 Å². The molecule has 0 aliphatic carbocycles. The highest BCUT2D eigenvalue weighted by Crippen LogP contribution is 2.30. The molecule has 1 unspecified atom stereocenters. The van der Waals surface area contributed by atoms with Gasteiger partial charge in [-0.25, -0.2) is 9.97 Å². The Morgan fingerprint density at radius 2 is 1.72 bits per heavy atom. The highest BCUT2D eigenvalue weighted by molar-refractivity contribution is 7.13. The van der Waals surface area contributed by atoms with Crippen LogP contribution < -0.4 is 10.9 Å². The number of hydrogen-bond acceptors (Lipinski definition) is 6. The maximum atomic E-state index is 13.7. The summed E-state index contributed by atoms with van der Waals surface area (Å²) in [6.07, 6.45) is 5.47. The molecular formula is C31H29N5O2S. The summed E-state index contributed by atoms with van der Waals surface area (Å²) in [5.41, 5.74) is 4.49. The van der Waals surface area contributed by atoms with Crippen LogP contribution in [0.4, 0.5) is 5.13 Å². The molecule has 3 heterocycles. The smallest absolute Gasteiger partial charge is 0.262 e. The molecule has 196 valence electrons. The number of likely N-dealkylation sites (tertiary alicyclic amines) is 1. The van der Waals surface area contributed by atoms with Crippen LogP contribution in [0.25, 0.3) is 22.0 Å². The van der Waals surface area contributed by atoms with Crippen LogP contribution in [-0.2, 0) is 4.79 Å². The molecule has 1 saturated heterocycles. The van der Waals surface area contributed by atoms with Gasteiger partial charge >= 0.3 is 0 Å². The average Bonchev–Trinajstić information content (AvgIpc) is 3.48. The Kier molecular flexibility index (Phi) is 7.04. The molecule has 3 aromatic carbocycles. The summed E-state index contributed by atoms with van der Waals surface area (Å²) in [7, 11) is 2.18. The lowest BCUT2D eigenvalue weighted by atomic mass is 9.88. The van der Waals surface area contributed by atoms with E-state index in [0.29, 0.717) is 27.5 Å². The standard InChI is InChI=1S/C31H29N5O2S/c1-35-16-13-23(14-17-35)21-7-9-22(10-8-21)25-11-12-26-27(19-25)33-20-36(30(26)38)28(24-5-3-2-4-6-24)29(37)34-31-32-15-18-39-31/h2-12,15,18-20,23,28H,13-14,16-17H2,1H3,(H,32,34,37). The van der Waals surface area contributed by atoms with Crippen LogP contribution in [0.5, 0.6) is 0 Å². The Labute approximate surface area is 230 Å². The Morgan fingerprint density at radius 3 is 2.44 bits per heavy atom. The average molecular weight is 536 g/mol. The van der Waals surface area contributed by atoms with Gasteiger partial charge < -0.3 is 4.90 Å². The third kappa shape index (κ3) is 5.26. The summed E-state index contributed by atoms with van der Waals surface area (Å²) in [6.45, 7) is 2.27. The molecule has 0 bridgehead atoms. The minimum Gasteiger partial charge on any atom is -0.306 e. The zero-order valence-electron chi connectivity index (χ0n) is 21.7. The maximum absolute atomic E-state index is 13.7. The Hall–Kier alpha value is -4.14. The monoisotopic (exact) mass is 535 g/mol. The highest BCUT2D eigenvalue weighted by atomic mass is 32.1. The zero-order chi connectivity index (χ0) is 26.8. The number of carbonyl (C=O) groups is 1. The number of fused-ring (bicyclic) bond motifs is 1. The molecule has 1 aliphatic heterocycles. The van der Waals surface area contributed by atoms with E-state index in [4.69, 9.17) is 0 Å². The van der Waals surface area contributed by atoms with Crippen molar-refractivity contribution in [1.29, 1.82) is 0 Å². The lowest BCUT2D eigenvalue weighted by Gasteiger charge is -2.29. The molecule has 6 rings (SSSR count). The van der Waals surface area contributed by atoms with Crippen molar-refractivity contribution >= 4 is 33.3 Å². The van der Waals surface area contributed by atoms with Crippen molar-refractivity contribution < 1.29 is 4.79 Å². The molecule has 8 heteroatoms. The fourth-order valence-corrected chi connectivity index (χ4v) is 5.85. The summed E-state index contributed by atoms with van der Waals surface area (Å²) in [5, 5.41) is 5.57. The number of amides is 1. The Morgan fingerprint density at radius 1 is 0.974 bits per heavy atom. The van der Waals surface area contributed by atoms with Gasteiger partial charge in [-0.15, -0.1) is 11.3 Å². The van der Waals surface area contributed by atoms with Crippen LogP contribution in [0, 0.1) is 0 Å². The van der Waals surface area contributed by atoms with E-state index in [9.17, 15) is 9.59 Å². The van der Waals surface area contributed by atoms with Crippen molar-refractivity contribution in [3.05, 3.63) is 112 Å². The van der Waals surface area contributed by atoms with E-state index < -0.39 is 6.04 Å². The summed E-state index contributed by atoms with van der Waals surface area (Å²) in [6, 6.07) is 22.8. The van der Waals surface area contributed by atoms with Crippen LogP contribution in [0.1, 0.15) is 35.9 Å². The van der Waals surface area contributed by atoms with Crippen LogP contribution in [-0.4, -0.2) is 45.5 Å². The molecule has 0 saturated carbocycles. The first-order chi connectivity index (χ1) is 19.1. The number of benzene rings is 3. The molecule has 1 N–H and O–H groups in total. The number of piperidine rings is 1. The number of aromatic nitrogens is 3. The lowest BCUT2D eigenvalue weighted by molar-refractivity contribution is -0.118. The van der Waals surface area contributed by atoms with Gasteiger partial charge in [0.05, 0.1) is 17.2 Å². The predicted molar refractivity (Wildman–Crippen MR) is 156 cm³/mol. The topological polar surface area (TPSA) is 80.1 Å². The predicted octanol–water partition coefficient (Wildman–Crippen LogP) is 5.56. The number of carbonyl (C=O) groups excluding carboxylic acids is 1. The molecule has 1 fully saturated rings. The first kappa shape index (κ1) is 25.2. The molecule has 1 aliphatic rings. The summed E-state index contributed by atoms with van der Waals surface area (Å²) in [4.78, 5) is 38.2. The molecule has 2 aromatic heterocycles. The minimum absolute atomic E-state index is 0.271. The number of hydrogen-bond donors (Lipinski definition) is 1. The van der Waals surface area contributed by atoms with Crippen molar-refractivity contribution in [1.82, 2.24) is 19.4 Å². The molecular weight excluding hydrogens is 506 g/mol. The quantitative estimate of drug-likeness (QED) is 0.308. The molecule has 0 radical (unpaired) electrons. The minimum atomic E-state index is -0.883. The number of rotatable bonds is 6. The molecule has 7 nitrogen and oxygen atoms in total. The van der Waals surface area contributed by atoms with E-state index in [1.807, 2.05) is 48.5 Å². The lowest BCUT2D eigenvalue weighted by Crippen LogP contribution is -2.34. The van der Waals surface area contributed by atoms with Crippen molar-refractivity contribution in [2.75, 3.05) is 25.5 Å². The van der Waals surface area contributed by atoms with Gasteiger partial charge in [-0.05, 0) is 73.3 Å². The van der Waals surface area contributed by atoms with Crippen molar-refractivity contribution in [3.8, 4) is 11.1 Å². The van der Waals surface area contributed by atoms with E-state index in [1.54, 1.807) is 11.6 Å². The van der Waals surface area contributed by atoms with Gasteiger partial charge in [0.1, 0.15) is 6.04 Å². The third-order valence-corrected chi connectivity index (χ3v) is 8.21. The van der Waals surface area contributed by atoms with Crippen molar-refractivity contribution in [3.63, 3.8) is 0 Å². The van der Waals surface area contributed by atoms with Gasteiger partial charge in [0.25, 0.3) is 11.5 Å². The van der Waals surface area contributed by atoms with E-state index in [0.717, 1.165) is 24.2 Å². The highest BCUT2D eigenvalue weighted by Gasteiger charge is 2.25. The van der Waals surface area contributed by atoms with Crippen LogP contribution in [0.3, 0.4) is 0 Å². The number of anilines is 1. The number of nitrogens with zero attached hydrogens (tertiary/aromatic N) is 4. The SMILES string of the molecule is CN1CCC(c2ccc(-c3ccc4c(=O)n(C(C(=O)Nc5nccs5)c5ccccc5)cnc4c3)cc2)CC1. The molecule has 39 heavy (non-hydrogen) atoms. The zero-order valence-corrected chi connectivity index (χ0v) is 22.5. The van der Waals surface area contributed by atoms with Crippen LogP contribution >= 0.6 is 11.3 Å². The number of thiazole rings is 1. The first-order valence-corrected chi connectivity index (χ1v) is 14.0. The van der Waals surface area contributed by atoms with E-state index in [2.05, 4.69) is 51.5 Å². The van der Waals surface area contributed by atoms with Crippen molar-refractivity contribution in [2.24, 2.45) is 0 Å². The van der Waals surface area contributed by atoms with Gasteiger partial charge in [-0.1, -0.05) is 60.7 Å². The van der Waals surface area contributed by atoms with Crippen molar-refractivity contribution in [2.45, 2.75) is 24.8 Å². The summed E-state index contributed by atoms with van der Waals surface area (Å²) < 4.78 is 1.40. The van der Waals surface area contributed by atoms with Gasteiger partial charge in [0.15, 0.2) is 5.13 Å². The Balaban J connectivity index is 1.31. The second-order valence-corrected chi connectivity index (χ2v) is 10.9. The van der Waals surface area contributed by atoms with Crippen LogP contribution in [0.2, 0.25) is 0 Å². The summed E-state index contributed by atoms with van der Waals surface area (Å²) >= 11 is 1.33. The van der Waals surface area contributed by atoms with Gasteiger partial charge in [-0.2, -0.15) is 0 Å². The van der Waals surface area contributed by atoms with E-state index in [1.165, 1.54) is 40.6 Å². The van der Waals surface area contributed by atoms with Gasteiger partial charge in [0.2, 0.25) is 0 Å². The molecule has 1 atom stereocenters. The third-order valence-electron chi connectivity index (χ3n) is 7.52. The molecule has 5 aromatic rings. The fraction of sp³-hybridized carbons (Fsp3) is 0.226. The second kappa shape index (κ2) is 10.9. The normalized spacial score (nSPS) is 15.3. The fourth-order valence-electron chi connectivity index (χ4n) is 5.32. The maximum Gasteiger partial charge on any atom is 0.262 e. The first-order valence-electron chi connectivity index (χ1n) is 13.1. The molecule has 0 spiro atoms. The van der Waals surface area contributed by atoms with Crippen LogP contribution in [0.15, 0.2) is 95.5 Å². The van der Waals surface area contributed by atoms with E-state index >= 15 is 0 Å². The molecule has 1 amide bonds. The van der Waals surface area contributed by atoms with Gasteiger partial charge in [-0.3, -0.25) is 19.5 Å². The number of nitrogens with one attached hydrogen (secondary N) is 1. The Bertz CT molecular complexity index is 1640. The van der Waals surface area contributed by atoms with E-state index in [-0.39, 0.29) is 11.5 Å². The summed E-state index contributed by atoms with van der Waals surface area (Å²) in [5.74, 6) is 0.262. The largest absolute Gasteiger partial charge is 0.306 e. The second-order valence-electron chi connectivity index (χ2n) is 10.0.